The van der Waals surface area contributed by atoms with Crippen LogP contribution in [0.5, 0.6) is 0 Å². The first-order valence-electron chi connectivity index (χ1n) is 21.1. The van der Waals surface area contributed by atoms with Gasteiger partial charge in [-0.2, -0.15) is 8.62 Å². The van der Waals surface area contributed by atoms with Gasteiger partial charge in [-0.15, -0.1) is 0 Å². The predicted octanol–water partition coefficient (Wildman–Crippen LogP) is -3.31. The molecule has 75 heavy (non-hydrogen) atoms. The van der Waals surface area contributed by atoms with Gasteiger partial charge in [0, 0.05) is 36.7 Å². The average molecular weight is 1150 g/mol. The molecule has 8 rings (SSSR count). The Balaban J connectivity index is 0.944. The number of methoxy groups -OCH3 is 1. The molecule has 3 aliphatic rings. The van der Waals surface area contributed by atoms with Crippen molar-refractivity contribution in [3.63, 3.8) is 0 Å². The molecule has 0 radical (unpaired) electrons. The number of aryl methyl sites for hydroxylation is 1. The van der Waals surface area contributed by atoms with Crippen LogP contribution in [0.25, 0.3) is 32.8 Å². The maximum absolute atomic E-state index is 13.6. The number of ether oxygens (including phenoxy) is 4. The maximum atomic E-state index is 13.6. The number of phosphoric acid groups is 4. The van der Waals surface area contributed by atoms with Gasteiger partial charge >= 0.3 is 42.6 Å². The summed E-state index contributed by atoms with van der Waals surface area (Å²) in [6.45, 7) is -3.88. The van der Waals surface area contributed by atoms with Crippen molar-refractivity contribution >= 4 is 65.4 Å². The van der Waals surface area contributed by atoms with Gasteiger partial charge in [0.2, 0.25) is 11.7 Å². The zero-order valence-electron chi connectivity index (χ0n) is 38.1. The van der Waals surface area contributed by atoms with Crippen molar-refractivity contribution in [2.75, 3.05) is 44.9 Å². The standard InChI is InChI=1S/C32H43N15O24P4/c1-44-11-47(26-18(44)27(52)42-31(34)41-26)28-19(49)12(5-39-43-35)13(66-28)6-64-73(56,57)70-75(60,61)71-74(58,59)65-8-15-22(23(62-2)30(68-15)46-10-38-17-24(33)36-9-37-25(17)46)69-72(54,55)63-7-14-20(50)21(51)29(67-14)45-4-3-16(48)40-32(45)53/h3-4,9-15,19-23,28-30,49-51H,5-8H2,1-2H3,(H9-,33,34,36,37,40,41,42,48,52,53,54,55,56,57,58,59,60,61)/p+1/t12-,13-,14-,15-,19-,20-,21-,22-,23-,28-,29-,30-/m1/s1. The Morgan fingerprint density at radius 2 is 1.48 bits per heavy atom. The molecule has 3 aliphatic heterocycles. The number of aromatic amines is 2. The smallest absolute Gasteiger partial charge is 0.387 e. The summed E-state index contributed by atoms with van der Waals surface area (Å²) >= 11 is 0. The lowest BCUT2D eigenvalue weighted by molar-refractivity contribution is -0.745. The molecule has 0 aliphatic carbocycles. The topological polar surface area (TPSA) is 556 Å². The number of nitrogens with one attached hydrogen (secondary N) is 2. The summed E-state index contributed by atoms with van der Waals surface area (Å²) in [7, 11) is -21.0. The molecule has 43 heteroatoms. The van der Waals surface area contributed by atoms with Gasteiger partial charge in [0.1, 0.15) is 54.6 Å². The normalized spacial score (nSPS) is 30.2. The number of nitrogens with zero attached hydrogens (tertiary/aromatic N) is 11. The number of nitrogens with two attached hydrogens (primary N) is 2. The third-order valence-electron chi connectivity index (χ3n) is 11.5. The number of nitrogen functional groups attached to an aromatic ring is 2. The Kier molecular flexibility index (Phi) is 16.1. The van der Waals surface area contributed by atoms with Gasteiger partial charge < -0.3 is 65.3 Å². The third-order valence-corrected chi connectivity index (χ3v) is 16.7. The Morgan fingerprint density at radius 1 is 0.827 bits per heavy atom. The van der Waals surface area contributed by atoms with Crippen molar-refractivity contribution < 1.29 is 103 Å². The van der Waals surface area contributed by atoms with Crippen LogP contribution in [-0.2, 0) is 71.0 Å². The number of H-pyrrole nitrogens is 2. The lowest BCUT2D eigenvalue weighted by Crippen LogP contribution is -2.45. The highest BCUT2D eigenvalue weighted by atomic mass is 31.3. The molecule has 0 bridgehead atoms. The quantitative estimate of drug-likeness (QED) is 0.0113. The second kappa shape index (κ2) is 21.6. The summed E-state index contributed by atoms with van der Waals surface area (Å²) in [5.74, 6) is -1.64. The summed E-state index contributed by atoms with van der Waals surface area (Å²) in [6.07, 6.45) is -13.9. The highest BCUT2D eigenvalue weighted by Crippen LogP contribution is 2.68. The van der Waals surface area contributed by atoms with Gasteiger partial charge in [-0.3, -0.25) is 51.4 Å². The first-order chi connectivity index (χ1) is 35.2. The molecule has 3 saturated heterocycles. The summed E-state index contributed by atoms with van der Waals surface area (Å²) in [5.41, 5.74) is 18.0. The number of azide groups is 1. The van der Waals surface area contributed by atoms with Gasteiger partial charge in [0.05, 0.1) is 39.3 Å². The second-order valence-corrected chi connectivity index (χ2v) is 22.3. The number of fused-ring (bicyclic) bond motifs is 2. The number of aromatic nitrogens is 10. The van der Waals surface area contributed by atoms with Crippen LogP contribution < -0.4 is 32.8 Å². The zero-order valence-corrected chi connectivity index (χ0v) is 41.7. The van der Waals surface area contributed by atoms with Crippen molar-refractivity contribution in [1.82, 2.24) is 43.6 Å². The van der Waals surface area contributed by atoms with Crippen molar-refractivity contribution in [3.8, 4) is 0 Å². The van der Waals surface area contributed by atoms with E-state index in [9.17, 15) is 67.5 Å². The van der Waals surface area contributed by atoms with Crippen LogP contribution in [0.4, 0.5) is 11.8 Å². The van der Waals surface area contributed by atoms with Gasteiger partial charge in [-0.05, 0) is 5.53 Å². The van der Waals surface area contributed by atoms with Crippen LogP contribution in [0.1, 0.15) is 18.7 Å². The van der Waals surface area contributed by atoms with Crippen LogP contribution in [0.3, 0.4) is 0 Å². The number of imidazole rings is 2. The van der Waals surface area contributed by atoms with Crippen LogP contribution in [0.15, 0.2) is 50.7 Å². The molecule has 0 aromatic carbocycles. The molecular formula is C32H44N15O24P4+. The predicted molar refractivity (Wildman–Crippen MR) is 239 cm³/mol. The number of hydrogen-bond acceptors (Lipinski definition) is 27. The molecule has 3 fully saturated rings. The summed E-state index contributed by atoms with van der Waals surface area (Å²) in [4.78, 5) is 102. The number of phosphoric ester groups is 3. The Morgan fingerprint density at radius 3 is 2.15 bits per heavy atom. The fraction of sp³-hybridized carbons (Fsp3) is 0.562. The van der Waals surface area contributed by atoms with E-state index >= 15 is 0 Å². The monoisotopic (exact) mass is 1150 g/mol. The third kappa shape index (κ3) is 12.0. The number of hydrogen-bond donors (Lipinski definition) is 11. The van der Waals surface area contributed by atoms with Gasteiger partial charge in [-0.25, -0.2) is 42.6 Å². The van der Waals surface area contributed by atoms with E-state index in [1.54, 1.807) is 0 Å². The molecule has 0 spiro atoms. The molecule has 5 aromatic rings. The Bertz CT molecular complexity index is 3390. The maximum Gasteiger partial charge on any atom is 0.490 e. The SMILES string of the molecule is CO[C@@H]1[C@H](OP(=O)(O)OC[C@H]2O[C@@H](n3ccc(=O)[nH]c3=O)[C@H](O)[C@@H]2O)[C@@H](COP(=O)(O)OP(=O)(O)OP(=O)(O)OC[C@H]2O[C@@H]([n+]3cn(C)c4c(=O)[nH]c(N)nc43)[C@H](O)[C@@H]2CN=[N+]=[N-])O[C@H]1n1cnc2c(N)ncnc21. The summed E-state index contributed by atoms with van der Waals surface area (Å²) in [6, 6.07) is 0.919. The molecule has 4 unspecified atom stereocenters. The molecule has 39 nitrogen and oxygen atoms in total. The molecule has 0 saturated carbocycles. The van der Waals surface area contributed by atoms with Gasteiger partial charge in [0.25, 0.3) is 17.1 Å². The Hall–Kier alpha value is -5.27. The van der Waals surface area contributed by atoms with E-state index in [1.807, 2.05) is 4.98 Å². The number of anilines is 2. The van der Waals surface area contributed by atoms with Crippen LogP contribution in [0, 0.1) is 5.92 Å². The van der Waals surface area contributed by atoms with Crippen molar-refractivity contribution in [3.05, 3.63) is 72.9 Å². The molecule has 0 amide bonds. The molecule has 13 N–H and O–H groups in total. The highest BCUT2D eigenvalue weighted by Gasteiger charge is 2.54. The number of aliphatic hydroxyl groups is 3. The van der Waals surface area contributed by atoms with Crippen molar-refractivity contribution in [2.45, 2.75) is 67.5 Å². The molecule has 8 heterocycles. The minimum absolute atomic E-state index is 0.00309. The van der Waals surface area contributed by atoms with Crippen LogP contribution in [0.2, 0.25) is 0 Å². The Labute approximate surface area is 415 Å². The summed E-state index contributed by atoms with van der Waals surface area (Å²) < 4.78 is 109. The van der Waals surface area contributed by atoms with E-state index in [1.165, 1.54) is 27.1 Å². The first-order valence-corrected chi connectivity index (χ1v) is 27.1. The van der Waals surface area contributed by atoms with Crippen molar-refractivity contribution in [1.29, 1.82) is 0 Å². The highest BCUT2D eigenvalue weighted by molar-refractivity contribution is 7.66. The van der Waals surface area contributed by atoms with E-state index in [2.05, 4.69) is 43.6 Å². The second-order valence-electron chi connectivity index (χ2n) is 16.3. The van der Waals surface area contributed by atoms with E-state index in [4.69, 9.17) is 54.0 Å². The minimum Gasteiger partial charge on any atom is -0.387 e. The van der Waals surface area contributed by atoms with Gasteiger partial charge in [0.15, 0.2) is 30.2 Å². The molecular weight excluding hydrogens is 1100 g/mol. The molecule has 410 valence electrons. The number of aliphatic hydroxyl groups excluding tert-OH is 3. The average Bonchev–Trinajstić information content (AvgIpc) is 4.12. The molecule has 16 atom stereocenters. The minimum atomic E-state index is -6.22. The lowest BCUT2D eigenvalue weighted by atomic mass is 9.98. The van der Waals surface area contributed by atoms with Crippen LogP contribution >= 0.6 is 31.3 Å². The van der Waals surface area contributed by atoms with E-state index < -0.39 is 148 Å². The van der Waals surface area contributed by atoms with E-state index in [0.717, 1.165) is 36.6 Å². The number of rotatable bonds is 21. The fourth-order valence-electron chi connectivity index (χ4n) is 8.23. The van der Waals surface area contributed by atoms with E-state index in [0.29, 0.717) is 0 Å². The summed E-state index contributed by atoms with van der Waals surface area (Å²) in [5, 5.41) is 35.9. The zero-order chi connectivity index (χ0) is 54.5. The van der Waals surface area contributed by atoms with Crippen molar-refractivity contribution in [2.24, 2.45) is 18.1 Å². The molecule has 5 aromatic heterocycles. The first kappa shape index (κ1) is 55.9. The largest absolute Gasteiger partial charge is 0.490 e. The van der Waals surface area contributed by atoms with Crippen LogP contribution in [-0.4, -0.2) is 161 Å². The van der Waals surface area contributed by atoms with E-state index in [-0.39, 0.29) is 34.1 Å². The van der Waals surface area contributed by atoms with Gasteiger partial charge in [-0.1, -0.05) is 10.1 Å². The fourth-order valence-corrected chi connectivity index (χ4v) is 12.7. The lowest BCUT2D eigenvalue weighted by Gasteiger charge is -2.26.